The van der Waals surface area contributed by atoms with Gasteiger partial charge in [-0.2, -0.15) is 8.78 Å². The number of rotatable bonds is 9. The fourth-order valence-electron chi connectivity index (χ4n) is 7.68. The summed E-state index contributed by atoms with van der Waals surface area (Å²) in [5.41, 5.74) is 7.09. The predicted octanol–water partition coefficient (Wildman–Crippen LogP) is 8.98. The van der Waals surface area contributed by atoms with Crippen LogP contribution in [-0.4, -0.2) is 75.3 Å². The summed E-state index contributed by atoms with van der Waals surface area (Å²) in [5, 5.41) is 0. The Morgan fingerprint density at radius 3 is 2.35 bits per heavy atom. The summed E-state index contributed by atoms with van der Waals surface area (Å²) >= 11 is 0. The number of hydrogen-bond acceptors (Lipinski definition) is 9. The lowest BCUT2D eigenvalue weighted by Gasteiger charge is -2.27. The highest BCUT2D eigenvalue weighted by atomic mass is 19.3. The van der Waals surface area contributed by atoms with Gasteiger partial charge in [0.05, 0.1) is 18.8 Å². The molecule has 2 aliphatic rings. The van der Waals surface area contributed by atoms with Crippen LogP contribution in [0.2, 0.25) is 0 Å². The first kappa shape index (κ1) is 37.0. The van der Waals surface area contributed by atoms with Crippen LogP contribution in [-0.2, 0) is 20.8 Å². The summed E-state index contributed by atoms with van der Waals surface area (Å²) in [6.45, 7) is 8.05. The third-order valence-electron chi connectivity index (χ3n) is 10.3. The van der Waals surface area contributed by atoms with E-state index >= 15 is 0 Å². The van der Waals surface area contributed by atoms with Crippen LogP contribution in [0.3, 0.4) is 0 Å². The zero-order chi connectivity index (χ0) is 38.3. The first-order valence-corrected chi connectivity index (χ1v) is 18.3. The smallest absolute Gasteiger partial charge is 0.410 e. The number of oxazole rings is 1. The average molecular weight is 742 g/mol. The number of likely N-dealkylation sites (tertiary alicyclic amines) is 2. The molecule has 1 unspecified atom stereocenters. The zero-order valence-corrected chi connectivity index (χ0v) is 31.4. The topological polar surface area (TPSA) is 123 Å². The van der Waals surface area contributed by atoms with Crippen molar-refractivity contribution in [3.05, 3.63) is 77.2 Å². The van der Waals surface area contributed by atoms with E-state index in [4.69, 9.17) is 28.6 Å². The number of ether oxygens (including phenoxy) is 3. The van der Waals surface area contributed by atoms with Crippen molar-refractivity contribution >= 4 is 23.2 Å². The number of benzene rings is 3. The first-order chi connectivity index (χ1) is 25.8. The maximum atomic E-state index is 13.6. The van der Waals surface area contributed by atoms with E-state index in [9.17, 15) is 18.4 Å². The normalized spacial score (nSPS) is 17.8. The number of fused-ring (bicyclic) bond motifs is 1. The summed E-state index contributed by atoms with van der Waals surface area (Å²) in [5.74, 6) is 0.687. The lowest BCUT2D eigenvalue weighted by atomic mass is 9.91. The SMILES string of the molecule is COC(=O)[C@@H]1CCCN1Cc1cc2nc(-c3cccc(-c4cccc(-c5c[nH]c(C6CCCN6C(=O)OC(C)(C)C)n5)c4C)c3C)oc2cc1OC(F)F. The summed E-state index contributed by atoms with van der Waals surface area (Å²) in [6, 6.07) is 14.5. The maximum Gasteiger partial charge on any atom is 0.410 e. The molecule has 2 aromatic heterocycles. The van der Waals surface area contributed by atoms with E-state index in [-0.39, 0.29) is 30.4 Å². The molecule has 4 heterocycles. The number of hydrogen-bond donors (Lipinski definition) is 1. The molecule has 2 fully saturated rings. The highest BCUT2D eigenvalue weighted by Gasteiger charge is 2.35. The van der Waals surface area contributed by atoms with Gasteiger partial charge in [-0.25, -0.2) is 14.8 Å². The highest BCUT2D eigenvalue weighted by molar-refractivity contribution is 5.84. The molecule has 7 rings (SSSR count). The van der Waals surface area contributed by atoms with Gasteiger partial charge < -0.3 is 23.6 Å². The lowest BCUT2D eigenvalue weighted by Crippen LogP contribution is -2.36. The van der Waals surface area contributed by atoms with E-state index < -0.39 is 18.3 Å². The molecule has 2 atom stereocenters. The van der Waals surface area contributed by atoms with Crippen LogP contribution in [0.4, 0.5) is 13.6 Å². The van der Waals surface area contributed by atoms with Crippen LogP contribution < -0.4 is 4.74 Å². The molecular weight excluding hydrogens is 696 g/mol. The Labute approximate surface area is 312 Å². The average Bonchev–Trinajstić information content (AvgIpc) is 3.94. The molecule has 2 aliphatic heterocycles. The predicted molar refractivity (Wildman–Crippen MR) is 199 cm³/mol. The summed E-state index contributed by atoms with van der Waals surface area (Å²) < 4.78 is 48.9. The molecule has 0 aliphatic carbocycles. The summed E-state index contributed by atoms with van der Waals surface area (Å²) in [4.78, 5) is 42.1. The number of amides is 1. The van der Waals surface area contributed by atoms with Crippen molar-refractivity contribution in [1.29, 1.82) is 0 Å². The molecule has 1 N–H and O–H groups in total. The molecule has 0 radical (unpaired) electrons. The van der Waals surface area contributed by atoms with Crippen molar-refractivity contribution in [3.8, 4) is 39.6 Å². The van der Waals surface area contributed by atoms with E-state index in [0.717, 1.165) is 64.2 Å². The monoisotopic (exact) mass is 741 g/mol. The maximum absolute atomic E-state index is 13.6. The van der Waals surface area contributed by atoms with Gasteiger partial charge in [0.1, 0.15) is 28.7 Å². The Morgan fingerprint density at radius 2 is 1.65 bits per heavy atom. The quantitative estimate of drug-likeness (QED) is 0.148. The molecule has 0 saturated carbocycles. The number of aromatic nitrogens is 3. The van der Waals surface area contributed by atoms with Gasteiger partial charge in [0.15, 0.2) is 5.58 Å². The number of aromatic amines is 1. The van der Waals surface area contributed by atoms with Crippen molar-refractivity contribution < 1.29 is 37.0 Å². The van der Waals surface area contributed by atoms with Crippen molar-refractivity contribution in [2.75, 3.05) is 20.2 Å². The second kappa shape index (κ2) is 14.8. The van der Waals surface area contributed by atoms with E-state index in [1.807, 2.05) is 69.1 Å². The standard InChI is InChI=1S/C41H45F2N5O6/c1-23-26(11-7-13-28(23)31-21-44-36(45-31)32-15-10-18-48(32)40(50)54-41(3,4)5)27-12-8-14-29(24(27)2)37-46-30-19-25(34(53-39(42)43)20-35(30)52-37)22-47-17-9-16-33(47)38(49)51-6/h7-8,11-14,19-21,32-33,39H,9-10,15-18,22H2,1-6H3,(H,44,45)/t32?,33-/m0/s1. The van der Waals surface area contributed by atoms with E-state index in [1.165, 1.54) is 13.2 Å². The van der Waals surface area contributed by atoms with Gasteiger partial charge in [-0.15, -0.1) is 0 Å². The largest absolute Gasteiger partial charge is 0.468 e. The summed E-state index contributed by atoms with van der Waals surface area (Å²) in [7, 11) is 1.34. The Kier molecular flexibility index (Phi) is 10.2. The van der Waals surface area contributed by atoms with Crippen molar-refractivity contribution in [2.24, 2.45) is 0 Å². The number of imidazole rings is 1. The van der Waals surface area contributed by atoms with Crippen molar-refractivity contribution in [2.45, 2.75) is 91.1 Å². The van der Waals surface area contributed by atoms with Crippen LogP contribution >= 0.6 is 0 Å². The van der Waals surface area contributed by atoms with Gasteiger partial charge in [-0.3, -0.25) is 14.6 Å². The number of methoxy groups -OCH3 is 1. The van der Waals surface area contributed by atoms with Crippen LogP contribution in [0.1, 0.15) is 75.0 Å². The Hall–Kier alpha value is -5.30. The third-order valence-corrected chi connectivity index (χ3v) is 10.3. The fraction of sp³-hybridized carbons (Fsp3) is 0.415. The third kappa shape index (κ3) is 7.41. The highest BCUT2D eigenvalue weighted by Crippen LogP contribution is 2.39. The van der Waals surface area contributed by atoms with Gasteiger partial charge >= 0.3 is 18.7 Å². The van der Waals surface area contributed by atoms with Gasteiger partial charge in [0, 0.05) is 42.0 Å². The minimum absolute atomic E-state index is 0.0272. The van der Waals surface area contributed by atoms with Crippen LogP contribution in [0.25, 0.3) is 44.9 Å². The van der Waals surface area contributed by atoms with Gasteiger partial charge in [0.2, 0.25) is 5.89 Å². The number of carbonyl (C=O) groups excluding carboxylic acids is 2. The Morgan fingerprint density at radius 1 is 0.963 bits per heavy atom. The zero-order valence-electron chi connectivity index (χ0n) is 31.4. The number of H-pyrrole nitrogens is 1. The van der Waals surface area contributed by atoms with Crippen LogP contribution in [0, 0.1) is 13.8 Å². The van der Waals surface area contributed by atoms with E-state index in [2.05, 4.69) is 18.0 Å². The van der Waals surface area contributed by atoms with Crippen LogP contribution in [0.15, 0.2) is 59.1 Å². The van der Waals surface area contributed by atoms with Gasteiger partial charge in [-0.1, -0.05) is 30.3 Å². The number of carbonyl (C=O) groups is 2. The first-order valence-electron chi connectivity index (χ1n) is 18.3. The van der Waals surface area contributed by atoms with Crippen molar-refractivity contribution in [1.82, 2.24) is 24.8 Å². The minimum atomic E-state index is -3.04. The molecule has 54 heavy (non-hydrogen) atoms. The second-order valence-corrected chi connectivity index (χ2v) is 14.9. The van der Waals surface area contributed by atoms with E-state index in [0.29, 0.717) is 42.1 Å². The molecule has 5 aromatic rings. The summed E-state index contributed by atoms with van der Waals surface area (Å²) in [6.07, 6.45) is 4.62. The number of nitrogens with one attached hydrogen (secondary N) is 1. The fourth-order valence-corrected chi connectivity index (χ4v) is 7.68. The molecule has 1 amide bonds. The lowest BCUT2D eigenvalue weighted by molar-refractivity contribution is -0.146. The van der Waals surface area contributed by atoms with Gasteiger partial charge in [0.25, 0.3) is 0 Å². The Bertz CT molecular complexity index is 2190. The van der Waals surface area contributed by atoms with Crippen LogP contribution in [0.5, 0.6) is 5.75 Å². The number of alkyl halides is 2. The molecule has 2 saturated heterocycles. The molecule has 284 valence electrons. The van der Waals surface area contributed by atoms with Crippen molar-refractivity contribution in [3.63, 3.8) is 0 Å². The van der Waals surface area contributed by atoms with E-state index in [1.54, 1.807) is 11.0 Å². The minimum Gasteiger partial charge on any atom is -0.468 e. The number of esters is 1. The molecular formula is C41H45F2N5O6. The second-order valence-electron chi connectivity index (χ2n) is 14.9. The molecule has 3 aromatic carbocycles. The van der Waals surface area contributed by atoms with Gasteiger partial charge in [-0.05, 0) is 101 Å². The Balaban J connectivity index is 1.18. The number of halogens is 2. The molecule has 0 spiro atoms. The molecule has 0 bridgehead atoms. The molecule has 13 heteroatoms. The number of nitrogens with zero attached hydrogens (tertiary/aromatic N) is 4. The molecule has 11 nitrogen and oxygen atoms in total.